The number of hydrogen-bond donors (Lipinski definition) is 1. The fourth-order valence-corrected chi connectivity index (χ4v) is 2.66. The van der Waals surface area contributed by atoms with Gasteiger partial charge in [-0.15, -0.1) is 0 Å². The lowest BCUT2D eigenvalue weighted by molar-refractivity contribution is -0.0155. The van der Waals surface area contributed by atoms with E-state index >= 15 is 0 Å². The summed E-state index contributed by atoms with van der Waals surface area (Å²) in [7, 11) is 0. The van der Waals surface area contributed by atoms with Crippen LogP contribution in [0.1, 0.15) is 43.7 Å². The molecule has 0 saturated heterocycles. The van der Waals surface area contributed by atoms with Crippen LogP contribution in [0.15, 0.2) is 18.2 Å². The lowest BCUT2D eigenvalue weighted by Crippen LogP contribution is -2.25. The van der Waals surface area contributed by atoms with Crippen molar-refractivity contribution in [2.75, 3.05) is 6.54 Å². The number of ether oxygens (including phenoxy) is 1. The molecule has 1 aromatic carbocycles. The molecule has 2 atom stereocenters. The minimum Gasteiger partial charge on any atom is -0.373 e. The van der Waals surface area contributed by atoms with Crippen LogP contribution in [-0.2, 0) is 11.3 Å². The highest BCUT2D eigenvalue weighted by Crippen LogP contribution is 2.27. The molecule has 1 aliphatic carbocycles. The highest BCUT2D eigenvalue weighted by molar-refractivity contribution is 5.41. The minimum atomic E-state index is -0.277. The van der Waals surface area contributed by atoms with Crippen molar-refractivity contribution in [2.45, 2.75) is 45.3 Å². The van der Waals surface area contributed by atoms with Crippen LogP contribution in [0.5, 0.6) is 0 Å². The van der Waals surface area contributed by atoms with Crippen LogP contribution in [-0.4, -0.2) is 12.6 Å². The lowest BCUT2D eigenvalue weighted by Gasteiger charge is -2.28. The topological polar surface area (TPSA) is 35.2 Å². The molecule has 2 unspecified atom stereocenters. The summed E-state index contributed by atoms with van der Waals surface area (Å²) in [6.07, 6.45) is 5.19. The number of rotatable bonds is 3. The van der Waals surface area contributed by atoms with Crippen molar-refractivity contribution in [3.63, 3.8) is 0 Å². The predicted molar refractivity (Wildman–Crippen MR) is 78.5 cm³/mol. The smallest absolute Gasteiger partial charge is 0.124 e. The fourth-order valence-electron chi connectivity index (χ4n) is 2.66. The molecule has 1 aliphatic rings. The largest absolute Gasteiger partial charge is 0.373 e. The van der Waals surface area contributed by atoms with E-state index in [0.717, 1.165) is 12.0 Å². The second kappa shape index (κ2) is 7.42. The maximum atomic E-state index is 13.3. The van der Waals surface area contributed by atoms with E-state index in [2.05, 4.69) is 18.8 Å². The van der Waals surface area contributed by atoms with Crippen molar-refractivity contribution in [2.24, 2.45) is 11.7 Å². The molecule has 20 heavy (non-hydrogen) atoms. The number of benzene rings is 1. The molecule has 0 radical (unpaired) electrons. The Balaban J connectivity index is 2.04. The molecule has 1 saturated carbocycles. The van der Waals surface area contributed by atoms with Crippen molar-refractivity contribution in [1.29, 1.82) is 0 Å². The van der Waals surface area contributed by atoms with Crippen LogP contribution >= 0.6 is 0 Å². The van der Waals surface area contributed by atoms with Crippen molar-refractivity contribution < 1.29 is 9.13 Å². The van der Waals surface area contributed by atoms with Crippen molar-refractivity contribution in [1.82, 2.24) is 0 Å². The molecule has 2 rings (SSSR count). The van der Waals surface area contributed by atoms with Gasteiger partial charge < -0.3 is 10.5 Å². The van der Waals surface area contributed by atoms with E-state index in [-0.39, 0.29) is 12.4 Å². The summed E-state index contributed by atoms with van der Waals surface area (Å²) in [5.41, 5.74) is 6.99. The van der Waals surface area contributed by atoms with Gasteiger partial charge in [-0.1, -0.05) is 37.7 Å². The lowest BCUT2D eigenvalue weighted by atomic mass is 9.88. The van der Waals surface area contributed by atoms with Crippen LogP contribution < -0.4 is 5.73 Å². The first-order valence-electron chi connectivity index (χ1n) is 7.29. The van der Waals surface area contributed by atoms with Gasteiger partial charge in [0.2, 0.25) is 0 Å². The van der Waals surface area contributed by atoms with Crippen LogP contribution in [0, 0.1) is 23.6 Å². The Morgan fingerprint density at radius 2 is 2.15 bits per heavy atom. The van der Waals surface area contributed by atoms with Gasteiger partial charge in [0, 0.05) is 5.56 Å². The first-order chi connectivity index (χ1) is 9.70. The second-order valence-electron chi connectivity index (χ2n) is 5.42. The summed E-state index contributed by atoms with van der Waals surface area (Å²) in [6, 6.07) is 4.66. The Morgan fingerprint density at radius 1 is 1.35 bits per heavy atom. The maximum Gasteiger partial charge on any atom is 0.124 e. The van der Waals surface area contributed by atoms with Gasteiger partial charge in [-0.05, 0) is 36.5 Å². The Labute approximate surface area is 120 Å². The predicted octanol–water partition coefficient (Wildman–Crippen LogP) is 3.23. The van der Waals surface area contributed by atoms with Crippen LogP contribution in [0.2, 0.25) is 0 Å². The van der Waals surface area contributed by atoms with E-state index in [0.29, 0.717) is 24.2 Å². The van der Waals surface area contributed by atoms with Gasteiger partial charge >= 0.3 is 0 Å². The maximum absolute atomic E-state index is 13.3. The molecule has 2 nitrogen and oxygen atoms in total. The van der Waals surface area contributed by atoms with Crippen LogP contribution in [0.3, 0.4) is 0 Å². The normalized spacial score (nSPS) is 22.1. The SMILES string of the molecule is CC1CCCCC1OCc1ccc(F)cc1C#CCN. The highest BCUT2D eigenvalue weighted by atomic mass is 19.1. The summed E-state index contributed by atoms with van der Waals surface area (Å²) in [5, 5.41) is 0. The molecule has 0 heterocycles. The van der Waals surface area contributed by atoms with E-state index in [1.165, 1.54) is 31.4 Å². The van der Waals surface area contributed by atoms with Gasteiger partial charge in [0.25, 0.3) is 0 Å². The standard InChI is InChI=1S/C17H22FNO/c1-13-5-2-3-7-17(13)20-12-15-8-9-16(18)11-14(15)6-4-10-19/h8-9,11,13,17H,2-3,5,7,10,12,19H2,1H3. The van der Waals surface area contributed by atoms with Gasteiger partial charge in [-0.25, -0.2) is 4.39 Å². The van der Waals surface area contributed by atoms with E-state index < -0.39 is 0 Å². The first kappa shape index (κ1) is 15.0. The molecule has 0 bridgehead atoms. The molecular formula is C17H22FNO. The Bertz CT molecular complexity index is 503. The Kier molecular flexibility index (Phi) is 5.58. The van der Waals surface area contributed by atoms with Crippen LogP contribution in [0.25, 0.3) is 0 Å². The third-order valence-electron chi connectivity index (χ3n) is 3.88. The molecule has 1 aromatic rings. The zero-order valence-corrected chi connectivity index (χ0v) is 12.0. The van der Waals surface area contributed by atoms with E-state index in [1.807, 2.05) is 0 Å². The first-order valence-corrected chi connectivity index (χ1v) is 7.29. The van der Waals surface area contributed by atoms with Gasteiger partial charge in [-0.2, -0.15) is 0 Å². The zero-order valence-electron chi connectivity index (χ0n) is 12.0. The summed E-state index contributed by atoms with van der Waals surface area (Å²) < 4.78 is 19.3. The third-order valence-corrected chi connectivity index (χ3v) is 3.88. The van der Waals surface area contributed by atoms with Gasteiger partial charge in [-0.3, -0.25) is 0 Å². The fraction of sp³-hybridized carbons (Fsp3) is 0.529. The quantitative estimate of drug-likeness (QED) is 0.860. The average molecular weight is 275 g/mol. The average Bonchev–Trinajstić information content (AvgIpc) is 2.45. The van der Waals surface area contributed by atoms with Gasteiger partial charge in [0.1, 0.15) is 5.82 Å². The second-order valence-corrected chi connectivity index (χ2v) is 5.42. The van der Waals surface area contributed by atoms with Crippen molar-refractivity contribution >= 4 is 0 Å². The molecule has 0 amide bonds. The van der Waals surface area contributed by atoms with Crippen LogP contribution in [0.4, 0.5) is 4.39 Å². The molecule has 3 heteroatoms. The molecule has 0 aromatic heterocycles. The van der Waals surface area contributed by atoms with E-state index in [1.54, 1.807) is 6.07 Å². The zero-order chi connectivity index (χ0) is 14.4. The summed E-state index contributed by atoms with van der Waals surface area (Å²) >= 11 is 0. The molecule has 1 fully saturated rings. The van der Waals surface area contributed by atoms with E-state index in [4.69, 9.17) is 10.5 Å². The van der Waals surface area contributed by atoms with Gasteiger partial charge in [0.05, 0.1) is 19.3 Å². The highest BCUT2D eigenvalue weighted by Gasteiger charge is 2.21. The Morgan fingerprint density at radius 3 is 2.90 bits per heavy atom. The monoisotopic (exact) mass is 275 g/mol. The van der Waals surface area contributed by atoms with Gasteiger partial charge in [0.15, 0.2) is 0 Å². The Hall–Kier alpha value is -1.37. The number of hydrogen-bond acceptors (Lipinski definition) is 2. The molecular weight excluding hydrogens is 253 g/mol. The van der Waals surface area contributed by atoms with Crippen molar-refractivity contribution in [3.8, 4) is 11.8 Å². The summed E-state index contributed by atoms with van der Waals surface area (Å²) in [5.74, 6) is 6.02. The summed E-state index contributed by atoms with van der Waals surface area (Å²) in [4.78, 5) is 0. The number of nitrogens with two attached hydrogens (primary N) is 1. The third kappa shape index (κ3) is 4.06. The minimum absolute atomic E-state index is 0.274. The molecule has 2 N–H and O–H groups in total. The molecule has 0 spiro atoms. The summed E-state index contributed by atoms with van der Waals surface area (Å²) in [6.45, 7) is 3.00. The van der Waals surface area contributed by atoms with Crippen molar-refractivity contribution in [3.05, 3.63) is 35.1 Å². The molecule has 0 aliphatic heterocycles. The number of halogens is 1. The molecule has 108 valence electrons. The van der Waals surface area contributed by atoms with E-state index in [9.17, 15) is 4.39 Å².